The molecule has 3 rings (SSSR count). The predicted molar refractivity (Wildman–Crippen MR) is 105 cm³/mol. The zero-order chi connectivity index (χ0) is 19.2. The molecular formula is C21H31N3O3. The lowest BCUT2D eigenvalue weighted by molar-refractivity contribution is -0.136. The number of ether oxygens (including phenoxy) is 1. The quantitative estimate of drug-likeness (QED) is 0.830. The van der Waals surface area contributed by atoms with Gasteiger partial charge in [0.2, 0.25) is 11.8 Å². The van der Waals surface area contributed by atoms with Crippen molar-refractivity contribution >= 4 is 11.8 Å². The van der Waals surface area contributed by atoms with Crippen LogP contribution in [0.1, 0.15) is 44.2 Å². The van der Waals surface area contributed by atoms with Crippen molar-refractivity contribution in [1.29, 1.82) is 0 Å². The molecule has 2 saturated heterocycles. The van der Waals surface area contributed by atoms with Crippen molar-refractivity contribution < 1.29 is 14.3 Å². The minimum Gasteiger partial charge on any atom is -0.497 e. The number of benzene rings is 1. The summed E-state index contributed by atoms with van der Waals surface area (Å²) in [5.74, 6) is 0.688. The van der Waals surface area contributed by atoms with Crippen LogP contribution in [0.5, 0.6) is 5.75 Å². The molecule has 2 heterocycles. The molecule has 0 radical (unpaired) electrons. The molecule has 0 bridgehead atoms. The van der Waals surface area contributed by atoms with Gasteiger partial charge in [-0.1, -0.05) is 25.5 Å². The van der Waals surface area contributed by atoms with Crippen molar-refractivity contribution in [2.45, 2.75) is 38.6 Å². The summed E-state index contributed by atoms with van der Waals surface area (Å²) in [5.41, 5.74) is 1.02. The highest BCUT2D eigenvalue weighted by molar-refractivity contribution is 5.90. The normalized spacial score (nSPS) is 23.4. The summed E-state index contributed by atoms with van der Waals surface area (Å²) in [5, 5.41) is 3.34. The van der Waals surface area contributed by atoms with Gasteiger partial charge in [-0.25, -0.2) is 0 Å². The van der Waals surface area contributed by atoms with Gasteiger partial charge in [-0.15, -0.1) is 0 Å². The zero-order valence-corrected chi connectivity index (χ0v) is 16.4. The first-order valence-electron chi connectivity index (χ1n) is 10.1. The van der Waals surface area contributed by atoms with E-state index in [1.807, 2.05) is 34.1 Å². The van der Waals surface area contributed by atoms with Crippen molar-refractivity contribution in [3.63, 3.8) is 0 Å². The van der Waals surface area contributed by atoms with Crippen LogP contribution in [0.3, 0.4) is 0 Å². The van der Waals surface area contributed by atoms with E-state index in [0.29, 0.717) is 19.5 Å². The van der Waals surface area contributed by atoms with E-state index >= 15 is 0 Å². The molecule has 2 aliphatic heterocycles. The Labute approximate surface area is 161 Å². The van der Waals surface area contributed by atoms with Crippen molar-refractivity contribution in [3.05, 3.63) is 29.8 Å². The smallest absolute Gasteiger partial charge is 0.228 e. The second kappa shape index (κ2) is 9.22. The van der Waals surface area contributed by atoms with E-state index < -0.39 is 0 Å². The van der Waals surface area contributed by atoms with Crippen LogP contribution < -0.4 is 10.1 Å². The average Bonchev–Trinajstić information content (AvgIpc) is 2.87. The molecule has 6 nitrogen and oxygen atoms in total. The van der Waals surface area contributed by atoms with E-state index in [4.69, 9.17) is 4.74 Å². The molecule has 148 valence electrons. The Morgan fingerprint density at radius 1 is 1.22 bits per heavy atom. The van der Waals surface area contributed by atoms with Gasteiger partial charge >= 0.3 is 0 Å². The van der Waals surface area contributed by atoms with Gasteiger partial charge in [-0.2, -0.15) is 0 Å². The van der Waals surface area contributed by atoms with Crippen LogP contribution in [-0.2, 0) is 9.59 Å². The Bertz CT molecular complexity index is 639. The number of carbonyl (C=O) groups is 2. The summed E-state index contributed by atoms with van der Waals surface area (Å²) >= 11 is 0. The molecular weight excluding hydrogens is 342 g/mol. The molecule has 2 atom stereocenters. The van der Waals surface area contributed by atoms with E-state index in [0.717, 1.165) is 50.2 Å². The summed E-state index contributed by atoms with van der Waals surface area (Å²) in [6.07, 6.45) is 3.24. The number of methoxy groups -OCH3 is 1. The molecule has 1 aromatic carbocycles. The van der Waals surface area contributed by atoms with Crippen molar-refractivity contribution in [3.8, 4) is 5.75 Å². The number of nitrogens with zero attached hydrogens (tertiary/aromatic N) is 2. The van der Waals surface area contributed by atoms with E-state index in [9.17, 15) is 9.59 Å². The highest BCUT2D eigenvalue weighted by Crippen LogP contribution is 2.40. The van der Waals surface area contributed by atoms with Crippen LogP contribution in [0, 0.1) is 5.92 Å². The Balaban J connectivity index is 1.87. The molecule has 2 unspecified atom stereocenters. The number of unbranched alkanes of at least 4 members (excludes halogenated alkanes) is 1. The van der Waals surface area contributed by atoms with Gasteiger partial charge in [0.25, 0.3) is 0 Å². The third-order valence-corrected chi connectivity index (χ3v) is 5.61. The fourth-order valence-electron chi connectivity index (χ4n) is 4.12. The Kier molecular flexibility index (Phi) is 6.72. The Morgan fingerprint density at radius 2 is 2.00 bits per heavy atom. The lowest BCUT2D eigenvalue weighted by atomic mass is 9.92. The van der Waals surface area contributed by atoms with E-state index in [2.05, 4.69) is 12.2 Å². The minimum atomic E-state index is -0.305. The molecule has 0 aromatic heterocycles. The SMILES string of the molecule is CCCCN1C(=O)CC(C(=O)N2CCCNCC2)C1c1ccc(OC)cc1. The third-order valence-electron chi connectivity index (χ3n) is 5.61. The van der Waals surface area contributed by atoms with Crippen molar-refractivity contribution in [2.75, 3.05) is 39.8 Å². The number of amides is 2. The van der Waals surface area contributed by atoms with Gasteiger partial charge in [-0.3, -0.25) is 9.59 Å². The summed E-state index contributed by atoms with van der Waals surface area (Å²) in [6, 6.07) is 7.62. The predicted octanol–water partition coefficient (Wildman–Crippen LogP) is 2.21. The summed E-state index contributed by atoms with van der Waals surface area (Å²) < 4.78 is 5.27. The van der Waals surface area contributed by atoms with E-state index in [-0.39, 0.29) is 23.8 Å². The third kappa shape index (κ3) is 4.43. The molecule has 2 aliphatic rings. The number of nitrogens with one attached hydrogen (secondary N) is 1. The standard InChI is InChI=1S/C21H31N3O3/c1-3-4-13-24-19(25)15-18(21(26)23-12-5-10-22-11-14-23)20(24)16-6-8-17(27-2)9-7-16/h6-9,18,20,22H,3-5,10-15H2,1-2H3. The lowest BCUT2D eigenvalue weighted by Crippen LogP contribution is -2.40. The highest BCUT2D eigenvalue weighted by Gasteiger charge is 2.45. The van der Waals surface area contributed by atoms with E-state index in [1.54, 1.807) is 7.11 Å². The van der Waals surface area contributed by atoms with Crippen LogP contribution >= 0.6 is 0 Å². The molecule has 1 N–H and O–H groups in total. The van der Waals surface area contributed by atoms with Crippen LogP contribution in [0.4, 0.5) is 0 Å². The number of likely N-dealkylation sites (tertiary alicyclic amines) is 1. The lowest BCUT2D eigenvalue weighted by Gasteiger charge is -2.31. The molecule has 2 amide bonds. The molecule has 2 fully saturated rings. The van der Waals surface area contributed by atoms with Crippen LogP contribution in [-0.4, -0.2) is 61.4 Å². The minimum absolute atomic E-state index is 0.0931. The molecule has 1 aromatic rings. The van der Waals surface area contributed by atoms with E-state index in [1.165, 1.54) is 0 Å². The second-order valence-corrected chi connectivity index (χ2v) is 7.40. The number of carbonyl (C=O) groups excluding carboxylic acids is 2. The highest BCUT2D eigenvalue weighted by atomic mass is 16.5. The Morgan fingerprint density at radius 3 is 2.70 bits per heavy atom. The molecule has 0 aliphatic carbocycles. The average molecular weight is 373 g/mol. The molecule has 0 spiro atoms. The van der Waals surface area contributed by atoms with Crippen LogP contribution in [0.2, 0.25) is 0 Å². The van der Waals surface area contributed by atoms with Crippen molar-refractivity contribution in [1.82, 2.24) is 15.1 Å². The van der Waals surface area contributed by atoms with Crippen LogP contribution in [0.15, 0.2) is 24.3 Å². The van der Waals surface area contributed by atoms with Gasteiger partial charge < -0.3 is 19.9 Å². The Hall–Kier alpha value is -2.08. The first-order valence-corrected chi connectivity index (χ1v) is 10.1. The number of hydrogen-bond acceptors (Lipinski definition) is 4. The maximum Gasteiger partial charge on any atom is 0.228 e. The summed E-state index contributed by atoms with van der Waals surface area (Å²) in [7, 11) is 1.64. The first kappa shape index (κ1) is 19.7. The second-order valence-electron chi connectivity index (χ2n) is 7.40. The number of rotatable bonds is 6. The maximum absolute atomic E-state index is 13.3. The van der Waals surface area contributed by atoms with Gasteiger partial charge in [0.05, 0.1) is 19.1 Å². The summed E-state index contributed by atoms with van der Waals surface area (Å²) in [4.78, 5) is 30.0. The van der Waals surface area contributed by atoms with Gasteiger partial charge in [0.15, 0.2) is 0 Å². The monoisotopic (exact) mass is 373 g/mol. The molecule has 6 heteroatoms. The maximum atomic E-state index is 13.3. The zero-order valence-electron chi connectivity index (χ0n) is 16.4. The fourth-order valence-corrected chi connectivity index (χ4v) is 4.12. The van der Waals surface area contributed by atoms with Gasteiger partial charge in [0, 0.05) is 32.6 Å². The summed E-state index contributed by atoms with van der Waals surface area (Å²) in [6.45, 7) is 6.07. The largest absolute Gasteiger partial charge is 0.497 e. The first-order chi connectivity index (χ1) is 13.2. The molecule has 0 saturated carbocycles. The molecule has 27 heavy (non-hydrogen) atoms. The number of hydrogen-bond donors (Lipinski definition) is 1. The van der Waals surface area contributed by atoms with Crippen LogP contribution in [0.25, 0.3) is 0 Å². The fraction of sp³-hybridized carbons (Fsp3) is 0.619. The van der Waals surface area contributed by atoms with Gasteiger partial charge in [0.1, 0.15) is 5.75 Å². The van der Waals surface area contributed by atoms with Gasteiger partial charge in [-0.05, 0) is 37.1 Å². The van der Waals surface area contributed by atoms with Crippen molar-refractivity contribution in [2.24, 2.45) is 5.92 Å². The topological polar surface area (TPSA) is 61.9 Å².